The molecule has 2 heteroatoms. The van der Waals surface area contributed by atoms with Crippen LogP contribution in [0.15, 0.2) is 0 Å². The Labute approximate surface area is 145 Å². The van der Waals surface area contributed by atoms with Crippen molar-refractivity contribution < 1.29 is 9.47 Å². The molecule has 3 unspecified atom stereocenters. The van der Waals surface area contributed by atoms with E-state index in [2.05, 4.69) is 55.4 Å². The fourth-order valence-corrected chi connectivity index (χ4v) is 3.80. The minimum atomic E-state index is 0.0206. The largest absolute Gasteiger partial charge is 0.378 e. The second kappa shape index (κ2) is 8.34. The highest BCUT2D eigenvalue weighted by molar-refractivity contribution is 4.97. The maximum Gasteiger partial charge on any atom is 0.117 e. The van der Waals surface area contributed by atoms with Gasteiger partial charge in [0.25, 0.3) is 0 Å². The lowest BCUT2D eigenvalue weighted by atomic mass is 9.80. The number of ether oxygens (including phenoxy) is 2. The molecule has 0 radical (unpaired) electrons. The van der Waals surface area contributed by atoms with Gasteiger partial charge >= 0.3 is 0 Å². The second-order valence-electron chi connectivity index (χ2n) is 10.4. The molecule has 23 heavy (non-hydrogen) atoms. The molecule has 0 aromatic carbocycles. The van der Waals surface area contributed by atoms with Crippen LogP contribution in [0, 0.1) is 22.7 Å². The van der Waals surface area contributed by atoms with Crippen molar-refractivity contribution in [2.45, 2.75) is 93.1 Å². The summed E-state index contributed by atoms with van der Waals surface area (Å²) in [5, 5.41) is 0. The summed E-state index contributed by atoms with van der Waals surface area (Å²) in [6.45, 7) is 21.2. The minimum Gasteiger partial charge on any atom is -0.378 e. The zero-order chi connectivity index (χ0) is 17.7. The molecule has 1 aliphatic rings. The summed E-state index contributed by atoms with van der Waals surface area (Å²) in [5.41, 5.74) is 0.836. The lowest BCUT2D eigenvalue weighted by Crippen LogP contribution is -2.31. The Morgan fingerprint density at radius 2 is 1.52 bits per heavy atom. The maximum atomic E-state index is 5.95. The van der Waals surface area contributed by atoms with Crippen LogP contribution in [-0.2, 0) is 9.47 Å². The van der Waals surface area contributed by atoms with Gasteiger partial charge in [0, 0.05) is 6.61 Å². The molecule has 1 fully saturated rings. The summed E-state index contributed by atoms with van der Waals surface area (Å²) in [6.07, 6.45) is 6.29. The van der Waals surface area contributed by atoms with Crippen LogP contribution in [0.3, 0.4) is 0 Å². The van der Waals surface area contributed by atoms with Gasteiger partial charge in [0.2, 0.25) is 0 Å². The van der Waals surface area contributed by atoms with Gasteiger partial charge in [0.05, 0.1) is 13.2 Å². The SMILES string of the molecule is CC(CCCCOCC1(C(C)CC(C)(C)C)CO1)CC(C)(C)C. The van der Waals surface area contributed by atoms with Crippen molar-refractivity contribution in [2.75, 3.05) is 19.8 Å². The molecule has 0 saturated carbocycles. The summed E-state index contributed by atoms with van der Waals surface area (Å²) >= 11 is 0. The van der Waals surface area contributed by atoms with Gasteiger partial charge in [-0.3, -0.25) is 0 Å². The van der Waals surface area contributed by atoms with E-state index >= 15 is 0 Å². The third kappa shape index (κ3) is 9.10. The number of hydrogen-bond donors (Lipinski definition) is 0. The number of epoxide rings is 1. The molecule has 0 spiro atoms. The van der Waals surface area contributed by atoms with Crippen LogP contribution in [0.25, 0.3) is 0 Å². The van der Waals surface area contributed by atoms with E-state index in [0.717, 1.165) is 25.7 Å². The van der Waals surface area contributed by atoms with Crippen molar-refractivity contribution >= 4 is 0 Å². The Balaban J connectivity index is 2.11. The standard InChI is InChI=1S/C21H42O2/c1-17(13-19(3,4)5)11-9-10-12-22-15-21(16-23-21)18(2)14-20(6,7)8/h17-18H,9-16H2,1-8H3. The van der Waals surface area contributed by atoms with E-state index < -0.39 is 0 Å². The highest BCUT2D eigenvalue weighted by atomic mass is 16.6. The van der Waals surface area contributed by atoms with E-state index in [4.69, 9.17) is 9.47 Å². The smallest absolute Gasteiger partial charge is 0.117 e. The molecule has 1 heterocycles. The van der Waals surface area contributed by atoms with Crippen LogP contribution in [0.4, 0.5) is 0 Å². The molecule has 0 aliphatic carbocycles. The fraction of sp³-hybridized carbons (Fsp3) is 1.00. The molecule has 138 valence electrons. The first kappa shape index (κ1) is 21.0. The van der Waals surface area contributed by atoms with E-state index in [0.29, 0.717) is 16.7 Å². The van der Waals surface area contributed by atoms with E-state index in [1.165, 1.54) is 32.1 Å². The molecule has 0 aromatic heterocycles. The van der Waals surface area contributed by atoms with Gasteiger partial charge in [0.15, 0.2) is 0 Å². The van der Waals surface area contributed by atoms with Gasteiger partial charge in [-0.15, -0.1) is 0 Å². The predicted molar refractivity (Wildman–Crippen MR) is 99.8 cm³/mol. The van der Waals surface area contributed by atoms with E-state index in [9.17, 15) is 0 Å². The predicted octanol–water partition coefficient (Wildman–Crippen LogP) is 6.09. The molecule has 0 bridgehead atoms. The average molecular weight is 327 g/mol. The van der Waals surface area contributed by atoms with Crippen LogP contribution >= 0.6 is 0 Å². The number of unbranched alkanes of at least 4 members (excludes halogenated alkanes) is 1. The van der Waals surface area contributed by atoms with Gasteiger partial charge in [-0.2, -0.15) is 0 Å². The summed E-state index contributed by atoms with van der Waals surface area (Å²) in [5.74, 6) is 1.40. The highest BCUT2D eigenvalue weighted by Gasteiger charge is 2.50. The Kier molecular flexibility index (Phi) is 7.60. The molecule has 2 nitrogen and oxygen atoms in total. The molecule has 1 saturated heterocycles. The van der Waals surface area contributed by atoms with Crippen molar-refractivity contribution in [3.63, 3.8) is 0 Å². The van der Waals surface area contributed by atoms with Crippen molar-refractivity contribution in [3.05, 3.63) is 0 Å². The number of hydrogen-bond acceptors (Lipinski definition) is 2. The zero-order valence-corrected chi connectivity index (χ0v) is 17.1. The molecular weight excluding hydrogens is 284 g/mol. The maximum absolute atomic E-state index is 5.95. The average Bonchev–Trinajstić information content (AvgIpc) is 3.10. The lowest BCUT2D eigenvalue weighted by molar-refractivity contribution is 0.0432. The molecular formula is C21H42O2. The van der Waals surface area contributed by atoms with Crippen molar-refractivity contribution in [1.29, 1.82) is 0 Å². The molecule has 1 aliphatic heterocycles. The fourth-order valence-electron chi connectivity index (χ4n) is 3.80. The van der Waals surface area contributed by atoms with Crippen LogP contribution in [-0.4, -0.2) is 25.4 Å². The van der Waals surface area contributed by atoms with Crippen molar-refractivity contribution in [1.82, 2.24) is 0 Å². The molecule has 1 rings (SSSR count). The van der Waals surface area contributed by atoms with Crippen LogP contribution in [0.2, 0.25) is 0 Å². The van der Waals surface area contributed by atoms with E-state index in [-0.39, 0.29) is 5.60 Å². The third-order valence-electron chi connectivity index (χ3n) is 4.87. The lowest BCUT2D eigenvalue weighted by Gasteiger charge is -2.27. The summed E-state index contributed by atoms with van der Waals surface area (Å²) < 4.78 is 11.7. The monoisotopic (exact) mass is 326 g/mol. The van der Waals surface area contributed by atoms with Crippen LogP contribution in [0.1, 0.15) is 87.5 Å². The first-order chi connectivity index (χ1) is 10.4. The first-order valence-corrected chi connectivity index (χ1v) is 9.65. The summed E-state index contributed by atoms with van der Waals surface area (Å²) in [6, 6.07) is 0. The van der Waals surface area contributed by atoms with Crippen LogP contribution in [0.5, 0.6) is 0 Å². The van der Waals surface area contributed by atoms with Crippen LogP contribution < -0.4 is 0 Å². The van der Waals surface area contributed by atoms with E-state index in [1.807, 2.05) is 0 Å². The molecule has 0 aromatic rings. The quantitative estimate of drug-likeness (QED) is 0.358. The van der Waals surface area contributed by atoms with E-state index in [1.54, 1.807) is 0 Å². The third-order valence-corrected chi connectivity index (χ3v) is 4.87. The Morgan fingerprint density at radius 3 is 2.00 bits per heavy atom. The van der Waals surface area contributed by atoms with Gasteiger partial charge in [0.1, 0.15) is 5.60 Å². The Bertz CT molecular complexity index is 331. The normalized spacial score (nSPS) is 24.5. The number of rotatable bonds is 10. The minimum absolute atomic E-state index is 0.0206. The Morgan fingerprint density at radius 1 is 0.957 bits per heavy atom. The summed E-state index contributed by atoms with van der Waals surface area (Å²) in [4.78, 5) is 0. The molecule has 0 N–H and O–H groups in total. The van der Waals surface area contributed by atoms with Gasteiger partial charge in [-0.1, -0.05) is 68.2 Å². The van der Waals surface area contributed by atoms with Gasteiger partial charge in [-0.05, 0) is 41.9 Å². The molecule has 3 atom stereocenters. The molecule has 0 amide bonds. The van der Waals surface area contributed by atoms with Gasteiger partial charge in [-0.25, -0.2) is 0 Å². The highest BCUT2D eigenvalue weighted by Crippen LogP contribution is 2.41. The Hall–Kier alpha value is -0.0800. The topological polar surface area (TPSA) is 21.8 Å². The zero-order valence-electron chi connectivity index (χ0n) is 17.1. The second-order valence-corrected chi connectivity index (χ2v) is 10.4. The first-order valence-electron chi connectivity index (χ1n) is 9.65. The van der Waals surface area contributed by atoms with Crippen molar-refractivity contribution in [3.8, 4) is 0 Å². The van der Waals surface area contributed by atoms with Gasteiger partial charge < -0.3 is 9.47 Å². The van der Waals surface area contributed by atoms with Crippen molar-refractivity contribution in [2.24, 2.45) is 22.7 Å². The summed E-state index contributed by atoms with van der Waals surface area (Å²) in [7, 11) is 0.